The van der Waals surface area contributed by atoms with Crippen LogP contribution in [0, 0.1) is 23.3 Å². The molecule has 16 rings (SSSR count). The van der Waals surface area contributed by atoms with Crippen LogP contribution in [0.25, 0.3) is 0 Å². The first-order valence-corrected chi connectivity index (χ1v) is 45.5. The van der Waals surface area contributed by atoms with Gasteiger partial charge >= 0.3 is 0 Å². The predicted molar refractivity (Wildman–Crippen MR) is 512 cm³/mol. The number of aliphatic hydroxyl groups excluding tert-OH is 2. The van der Waals surface area contributed by atoms with E-state index in [1.807, 2.05) is 133 Å². The molecular weight excluding hydrogens is 1910 g/mol. The van der Waals surface area contributed by atoms with E-state index >= 15 is 0 Å². The topological polar surface area (TPSA) is 109 Å². The van der Waals surface area contributed by atoms with Crippen LogP contribution in [0.15, 0.2) is 267 Å². The monoisotopic (exact) mass is 1990 g/mol. The van der Waals surface area contributed by atoms with Crippen LogP contribution in [0.3, 0.4) is 0 Å². The van der Waals surface area contributed by atoms with E-state index < -0.39 is 12.2 Å². The summed E-state index contributed by atoms with van der Waals surface area (Å²) in [5.41, 5.74) is 10.7. The number of ketones is 2. The number of piperazine rings is 4. The molecule has 12 nitrogen and oxygen atoms in total. The number of nitrogens with zero attached hydrogens (tertiary/aromatic N) is 7. The third-order valence-corrected chi connectivity index (χ3v) is 25.4. The Balaban J connectivity index is 0.000000147. The second-order valence-corrected chi connectivity index (χ2v) is 35.7. The number of carbonyl (C=O) groups is 2. The Morgan fingerprint density at radius 1 is 0.328 bits per heavy atom. The molecule has 4 fully saturated rings. The highest BCUT2D eigenvalue weighted by Crippen LogP contribution is 2.43. The zero-order valence-electron chi connectivity index (χ0n) is 66.9. The van der Waals surface area contributed by atoms with Crippen molar-refractivity contribution in [3.05, 3.63) is 395 Å². The minimum Gasteiger partial charge on any atom is -0.387 e. The van der Waals surface area contributed by atoms with Crippen molar-refractivity contribution in [2.45, 2.75) is 36.4 Å². The Bertz CT molecular complexity index is 5380. The number of β-amino-alcohol motifs (C(OH)–C–C–N with tert-alkyl or cyclic N) is 2. The van der Waals surface area contributed by atoms with Gasteiger partial charge in [0.05, 0.1) is 91.1 Å². The molecular formula is C96H85BrCl12F4N8O4. The van der Waals surface area contributed by atoms with Gasteiger partial charge in [0, 0.05) is 143 Å². The number of Topliss-reactive ketones (excluding diaryl/α,β-unsaturated/α-hetero) is 2. The van der Waals surface area contributed by atoms with E-state index in [1.165, 1.54) is 78.4 Å². The van der Waals surface area contributed by atoms with Crippen LogP contribution < -0.4 is 24.9 Å². The molecule has 0 bridgehead atoms. The predicted octanol–water partition coefficient (Wildman–Crippen LogP) is 26.5. The fraction of sp³-hybridized carbons (Fsp3) is 0.229. The summed E-state index contributed by atoms with van der Waals surface area (Å²) < 4.78 is 51.9. The molecule has 652 valence electrons. The largest absolute Gasteiger partial charge is 0.387 e. The molecule has 0 saturated carbocycles. The van der Waals surface area contributed by atoms with Crippen molar-refractivity contribution in [2.24, 2.45) is 0 Å². The first kappa shape index (κ1) is 96.7. The van der Waals surface area contributed by atoms with Gasteiger partial charge < -0.3 is 35.1 Å². The molecule has 0 spiro atoms. The quantitative estimate of drug-likeness (QED) is 0.0407. The van der Waals surface area contributed by atoms with Crippen LogP contribution in [-0.2, 0) is 0 Å². The molecule has 4 aliphatic rings. The summed E-state index contributed by atoms with van der Waals surface area (Å²) in [6, 6.07) is 76.9. The number of aliphatic hydroxyl groups is 2. The van der Waals surface area contributed by atoms with Crippen LogP contribution >= 0.6 is 155 Å². The average molecular weight is 2000 g/mol. The van der Waals surface area contributed by atoms with Gasteiger partial charge in [-0.25, -0.2) is 17.6 Å². The highest BCUT2D eigenvalue weighted by atomic mass is 79.9. The van der Waals surface area contributed by atoms with Crippen LogP contribution in [0.4, 0.5) is 40.3 Å². The number of carbonyl (C=O) groups excluding carboxylic acids is 2. The summed E-state index contributed by atoms with van der Waals surface area (Å²) in [5, 5.41) is 32.8. The Morgan fingerprint density at radius 2 is 0.592 bits per heavy atom. The lowest BCUT2D eigenvalue weighted by atomic mass is 10.0. The van der Waals surface area contributed by atoms with Crippen LogP contribution in [0.5, 0.6) is 0 Å². The molecule has 3 N–H and O–H groups in total. The molecule has 4 aliphatic heterocycles. The second kappa shape index (κ2) is 46.7. The van der Waals surface area contributed by atoms with Crippen molar-refractivity contribution in [1.82, 2.24) is 20.0 Å². The Hall–Kier alpha value is -7.38. The van der Waals surface area contributed by atoms with Crippen molar-refractivity contribution >= 4 is 189 Å². The molecule has 6 atom stereocenters. The molecule has 12 aromatic rings. The molecule has 0 aromatic heterocycles. The van der Waals surface area contributed by atoms with Crippen LogP contribution in [-0.4, -0.2) is 140 Å². The number of hydrogen-bond donors (Lipinski definition) is 3. The van der Waals surface area contributed by atoms with E-state index in [4.69, 9.17) is 139 Å². The smallest absolute Gasteiger partial charge is 0.176 e. The number of anilines is 4. The number of nitrogens with one attached hydrogen (secondary N) is 1. The van der Waals surface area contributed by atoms with Crippen molar-refractivity contribution in [3.63, 3.8) is 0 Å². The Labute approximate surface area is 794 Å². The molecule has 0 unspecified atom stereocenters. The van der Waals surface area contributed by atoms with E-state index in [1.54, 1.807) is 48.5 Å². The van der Waals surface area contributed by atoms with E-state index in [0.717, 1.165) is 90.3 Å². The first-order valence-electron chi connectivity index (χ1n) is 39.9. The van der Waals surface area contributed by atoms with E-state index in [-0.39, 0.29) is 70.9 Å². The normalized spacial score (nSPS) is 17.3. The first-order chi connectivity index (χ1) is 60.1. The standard InChI is InChI=1S/2C24H22Cl3FN2O.C24H20Cl3FN2O.C16H15Cl3N2.C8H6BrFO/c3*25-18-5-1-16(2-6-18)23-14-29(15-24(31)17-3-8-20(28)9-4-17)11-12-30(23)22-10-7-19(26)13-21(22)27;17-12-3-1-11(2-4-12)16-10-20-7-8-21(16)15-6-5-13(18)9-14(15)19;9-5-8(11)6-1-3-7(10)4-2-6/h2*1-10,13,23-24,31H,11-12,14-15H2;1-10,13,23H,11-12,14-15H2;1-6,9,16,20H,7-8,10H2;1-4H,5H2/t23-,24+;23-,24-;23-;16-;/m0000./s1. The van der Waals surface area contributed by atoms with Gasteiger partial charge in [0.2, 0.25) is 0 Å². The third kappa shape index (κ3) is 27.4. The maximum atomic E-state index is 13.2. The fourth-order valence-electron chi connectivity index (χ4n) is 15.3. The fourth-order valence-corrected chi connectivity index (χ4v) is 18.2. The number of rotatable bonds is 19. The van der Waals surface area contributed by atoms with Gasteiger partial charge in [-0.2, -0.15) is 0 Å². The maximum Gasteiger partial charge on any atom is 0.176 e. The lowest BCUT2D eigenvalue weighted by molar-refractivity contribution is 0.0913. The lowest BCUT2D eigenvalue weighted by Gasteiger charge is -2.44. The van der Waals surface area contributed by atoms with Gasteiger partial charge in [-0.3, -0.25) is 24.3 Å². The zero-order chi connectivity index (χ0) is 89.0. The highest BCUT2D eigenvalue weighted by molar-refractivity contribution is 9.09. The molecule has 29 heteroatoms. The summed E-state index contributed by atoms with van der Waals surface area (Å²) in [6.07, 6.45) is -1.39. The molecule has 12 aromatic carbocycles. The van der Waals surface area contributed by atoms with E-state index in [2.05, 4.69) is 67.7 Å². The minimum absolute atomic E-state index is 0.0186. The van der Waals surface area contributed by atoms with Crippen molar-refractivity contribution in [2.75, 3.05) is 123 Å². The van der Waals surface area contributed by atoms with Crippen LogP contribution in [0.1, 0.15) is 90.5 Å². The molecule has 4 saturated heterocycles. The van der Waals surface area contributed by atoms with E-state index in [9.17, 15) is 37.4 Å². The highest BCUT2D eigenvalue weighted by Gasteiger charge is 2.35. The number of halogens is 17. The summed E-state index contributed by atoms with van der Waals surface area (Å²) in [6.45, 7) is 10.2. The summed E-state index contributed by atoms with van der Waals surface area (Å²) in [4.78, 5) is 39.3. The SMILES string of the molecule is Clc1ccc([C@@H]2CNCCN2c2ccc(Cl)cc2Cl)cc1.O=C(CBr)c1ccc(F)cc1.O=C(CN1CCN(c2ccc(Cl)cc2Cl)[C@H](c2ccc(Cl)cc2)C1)c1ccc(F)cc1.O[C@@H](CN1CCN(c2ccc(Cl)cc2Cl)[C@H](c2ccc(Cl)cc2)C1)c1ccc(F)cc1.O[C@H](CN1CCN(c2ccc(Cl)cc2Cl)[C@H](c2ccc(Cl)cc2)C1)c1ccc(F)cc1. The van der Waals surface area contributed by atoms with Crippen LogP contribution in [0.2, 0.25) is 60.3 Å². The summed E-state index contributed by atoms with van der Waals surface area (Å²) in [5.74, 6) is -1.37. The van der Waals surface area contributed by atoms with E-state index in [0.29, 0.717) is 123 Å². The summed E-state index contributed by atoms with van der Waals surface area (Å²) in [7, 11) is 0. The minimum atomic E-state index is -0.697. The molecule has 0 amide bonds. The lowest BCUT2D eigenvalue weighted by Crippen LogP contribution is -2.50. The van der Waals surface area contributed by atoms with Gasteiger partial charge in [0.25, 0.3) is 0 Å². The molecule has 0 aliphatic carbocycles. The van der Waals surface area contributed by atoms with Crippen molar-refractivity contribution < 1.29 is 37.4 Å². The number of benzene rings is 12. The molecule has 4 heterocycles. The van der Waals surface area contributed by atoms with Gasteiger partial charge in [0.1, 0.15) is 23.3 Å². The Morgan fingerprint density at radius 3 is 0.896 bits per heavy atom. The summed E-state index contributed by atoms with van der Waals surface area (Å²) >= 11 is 77.5. The van der Waals surface area contributed by atoms with Crippen molar-refractivity contribution in [3.8, 4) is 0 Å². The zero-order valence-corrected chi connectivity index (χ0v) is 77.6. The number of alkyl halides is 1. The van der Waals surface area contributed by atoms with Gasteiger partial charge in [-0.1, -0.05) is 228 Å². The van der Waals surface area contributed by atoms with Gasteiger partial charge in [-0.15, -0.1) is 0 Å². The van der Waals surface area contributed by atoms with Gasteiger partial charge in [0.15, 0.2) is 11.6 Å². The third-order valence-electron chi connectivity index (χ3n) is 21.7. The molecule has 125 heavy (non-hydrogen) atoms. The second-order valence-electron chi connectivity index (χ2n) is 30.0. The maximum absolute atomic E-state index is 13.2. The Kier molecular flexibility index (Phi) is 36.2. The van der Waals surface area contributed by atoms with Gasteiger partial charge in [-0.05, 0) is 228 Å². The number of hydrogen-bond acceptors (Lipinski definition) is 12. The molecule has 0 radical (unpaired) electrons. The van der Waals surface area contributed by atoms with Crippen molar-refractivity contribution in [1.29, 1.82) is 0 Å². The average Bonchev–Trinajstić information content (AvgIpc) is 0.797.